The number of benzene rings is 1. The number of hydrogen-bond donors (Lipinski definition) is 1. The zero-order valence-corrected chi connectivity index (χ0v) is 16.1. The molecule has 2 heterocycles. The number of nitro benzene ring substituents is 1. The van der Waals surface area contributed by atoms with Crippen LogP contribution in [0.5, 0.6) is 5.75 Å². The molecule has 2 aromatic heterocycles. The number of carbonyl (C=O) groups excluding carboxylic acids is 1. The molecule has 0 aliphatic rings. The normalized spacial score (nSPS) is 10.7. The van der Waals surface area contributed by atoms with E-state index in [1.165, 1.54) is 37.1 Å². The third-order valence-corrected chi connectivity index (χ3v) is 4.96. The Morgan fingerprint density at radius 2 is 2.18 bits per heavy atom. The Kier molecular flexibility index (Phi) is 5.64. The Bertz CT molecular complexity index is 1030. The predicted octanol–water partition coefficient (Wildman–Crippen LogP) is 3.03. The van der Waals surface area contributed by atoms with Gasteiger partial charge in [-0.3, -0.25) is 14.9 Å². The quantitative estimate of drug-likeness (QED) is 0.362. The second kappa shape index (κ2) is 8.13. The van der Waals surface area contributed by atoms with E-state index >= 15 is 0 Å². The smallest absolute Gasteiger partial charge is 0.273 e. The third-order valence-electron chi connectivity index (χ3n) is 3.94. The summed E-state index contributed by atoms with van der Waals surface area (Å²) in [5.74, 6) is 1.36. The van der Waals surface area contributed by atoms with E-state index in [2.05, 4.69) is 15.5 Å². The minimum absolute atomic E-state index is 0.0798. The second-order valence-corrected chi connectivity index (χ2v) is 6.68. The number of nitrogens with zero attached hydrogens (tertiary/aromatic N) is 4. The van der Waals surface area contributed by atoms with Crippen molar-refractivity contribution in [1.82, 2.24) is 14.8 Å². The van der Waals surface area contributed by atoms with Gasteiger partial charge in [-0.25, -0.2) is 0 Å². The maximum absolute atomic E-state index is 12.3. The molecule has 0 aliphatic heterocycles. The number of aromatic nitrogens is 3. The van der Waals surface area contributed by atoms with Crippen molar-refractivity contribution in [2.75, 3.05) is 18.2 Å². The molecule has 3 aromatic rings. The number of thioether (sulfide) groups is 1. The number of furan rings is 1. The van der Waals surface area contributed by atoms with Gasteiger partial charge in [-0.05, 0) is 19.1 Å². The van der Waals surface area contributed by atoms with E-state index in [1.807, 2.05) is 6.92 Å². The molecule has 0 saturated heterocycles. The molecule has 0 unspecified atom stereocenters. The van der Waals surface area contributed by atoms with Gasteiger partial charge in [-0.15, -0.1) is 10.2 Å². The average Bonchev–Trinajstić information content (AvgIpc) is 3.25. The molecule has 3 rings (SSSR count). The van der Waals surface area contributed by atoms with Crippen molar-refractivity contribution in [2.45, 2.75) is 12.1 Å². The maximum Gasteiger partial charge on any atom is 0.273 e. The highest BCUT2D eigenvalue weighted by atomic mass is 32.2. The van der Waals surface area contributed by atoms with Crippen LogP contribution in [-0.4, -0.2) is 38.5 Å². The monoisotopic (exact) mass is 403 g/mol. The summed E-state index contributed by atoms with van der Waals surface area (Å²) in [6, 6.07) is 5.79. The molecule has 0 bridgehead atoms. The molecule has 1 aromatic carbocycles. The number of ether oxygens (including phenoxy) is 1. The van der Waals surface area contributed by atoms with Crippen LogP contribution >= 0.6 is 11.8 Å². The zero-order valence-electron chi connectivity index (χ0n) is 15.3. The van der Waals surface area contributed by atoms with E-state index in [-0.39, 0.29) is 23.1 Å². The van der Waals surface area contributed by atoms with Crippen LogP contribution < -0.4 is 10.1 Å². The molecule has 0 spiro atoms. The average molecular weight is 403 g/mol. The van der Waals surface area contributed by atoms with Gasteiger partial charge in [0.1, 0.15) is 11.5 Å². The first kappa shape index (κ1) is 19.4. The molecule has 11 heteroatoms. The Morgan fingerprint density at radius 3 is 2.82 bits per heavy atom. The number of hydrogen-bond acceptors (Lipinski definition) is 8. The van der Waals surface area contributed by atoms with E-state index in [0.717, 1.165) is 11.3 Å². The SMILES string of the molecule is COc1cc([N+](=O)[O-])ccc1NC(=O)CSc1nnc(-c2ccoc2C)n1C. The molecular formula is C17H17N5O5S. The van der Waals surface area contributed by atoms with Gasteiger partial charge in [-0.2, -0.15) is 0 Å². The highest BCUT2D eigenvalue weighted by Crippen LogP contribution is 2.30. The third kappa shape index (κ3) is 3.98. The second-order valence-electron chi connectivity index (χ2n) is 5.73. The van der Waals surface area contributed by atoms with Crippen LogP contribution in [0.15, 0.2) is 40.1 Å². The van der Waals surface area contributed by atoms with Gasteiger partial charge in [0.05, 0.1) is 41.4 Å². The lowest BCUT2D eigenvalue weighted by Gasteiger charge is -2.09. The summed E-state index contributed by atoms with van der Waals surface area (Å²) in [4.78, 5) is 22.6. The number of amides is 1. The van der Waals surface area contributed by atoms with Crippen LogP contribution in [0.1, 0.15) is 5.76 Å². The minimum Gasteiger partial charge on any atom is -0.494 e. The summed E-state index contributed by atoms with van der Waals surface area (Å²) in [7, 11) is 3.18. The number of rotatable bonds is 7. The largest absolute Gasteiger partial charge is 0.494 e. The number of carbonyl (C=O) groups is 1. The number of non-ortho nitro benzene ring substituents is 1. The first-order valence-electron chi connectivity index (χ1n) is 8.09. The first-order chi connectivity index (χ1) is 13.4. The lowest BCUT2D eigenvalue weighted by molar-refractivity contribution is -0.384. The van der Waals surface area contributed by atoms with Gasteiger partial charge in [-0.1, -0.05) is 11.8 Å². The molecule has 1 amide bonds. The van der Waals surface area contributed by atoms with Crippen LogP contribution in [0.25, 0.3) is 11.4 Å². The van der Waals surface area contributed by atoms with Crippen LogP contribution in [0.3, 0.4) is 0 Å². The molecule has 146 valence electrons. The summed E-state index contributed by atoms with van der Waals surface area (Å²) in [5, 5.41) is 22.4. The Labute approximate surface area is 164 Å². The van der Waals surface area contributed by atoms with Gasteiger partial charge in [0, 0.05) is 13.1 Å². The fraction of sp³-hybridized carbons (Fsp3) is 0.235. The Hall–Kier alpha value is -3.34. The van der Waals surface area contributed by atoms with Crippen molar-refractivity contribution in [3.63, 3.8) is 0 Å². The molecule has 28 heavy (non-hydrogen) atoms. The summed E-state index contributed by atoms with van der Waals surface area (Å²) in [6.45, 7) is 1.84. The fourth-order valence-corrected chi connectivity index (χ4v) is 3.22. The summed E-state index contributed by atoms with van der Waals surface area (Å²) in [5.41, 5.74) is 1.07. The van der Waals surface area contributed by atoms with Gasteiger partial charge in [0.25, 0.3) is 5.69 Å². The predicted molar refractivity (Wildman–Crippen MR) is 102 cm³/mol. The minimum atomic E-state index is -0.530. The number of methoxy groups -OCH3 is 1. The van der Waals surface area contributed by atoms with E-state index in [0.29, 0.717) is 16.7 Å². The molecule has 0 fully saturated rings. The molecule has 1 N–H and O–H groups in total. The number of nitrogens with one attached hydrogen (secondary N) is 1. The molecule has 0 aliphatic carbocycles. The highest BCUT2D eigenvalue weighted by Gasteiger charge is 2.17. The summed E-state index contributed by atoms with van der Waals surface area (Å²) >= 11 is 1.22. The first-order valence-corrected chi connectivity index (χ1v) is 9.08. The van der Waals surface area contributed by atoms with Crippen LogP contribution in [0, 0.1) is 17.0 Å². The van der Waals surface area contributed by atoms with Crippen molar-refractivity contribution >= 4 is 29.0 Å². The van der Waals surface area contributed by atoms with Gasteiger partial charge in [0.15, 0.2) is 11.0 Å². The van der Waals surface area contributed by atoms with Crippen LogP contribution in [0.4, 0.5) is 11.4 Å². The molecular weight excluding hydrogens is 386 g/mol. The summed E-state index contributed by atoms with van der Waals surface area (Å²) in [6.07, 6.45) is 1.58. The van der Waals surface area contributed by atoms with E-state index in [4.69, 9.17) is 9.15 Å². The number of nitro groups is 1. The Morgan fingerprint density at radius 1 is 1.39 bits per heavy atom. The lowest BCUT2D eigenvalue weighted by atomic mass is 10.2. The van der Waals surface area contributed by atoms with Gasteiger partial charge < -0.3 is 19.0 Å². The molecule has 10 nitrogen and oxygen atoms in total. The van der Waals surface area contributed by atoms with Crippen molar-refractivity contribution in [3.05, 3.63) is 46.4 Å². The van der Waals surface area contributed by atoms with Gasteiger partial charge >= 0.3 is 0 Å². The van der Waals surface area contributed by atoms with Crippen molar-refractivity contribution in [1.29, 1.82) is 0 Å². The maximum atomic E-state index is 12.3. The van der Waals surface area contributed by atoms with E-state index in [1.54, 1.807) is 23.9 Å². The van der Waals surface area contributed by atoms with Crippen molar-refractivity contribution in [2.24, 2.45) is 7.05 Å². The van der Waals surface area contributed by atoms with E-state index in [9.17, 15) is 14.9 Å². The molecule has 0 atom stereocenters. The van der Waals surface area contributed by atoms with Crippen LogP contribution in [-0.2, 0) is 11.8 Å². The van der Waals surface area contributed by atoms with E-state index < -0.39 is 4.92 Å². The van der Waals surface area contributed by atoms with Crippen molar-refractivity contribution in [3.8, 4) is 17.1 Å². The van der Waals surface area contributed by atoms with Gasteiger partial charge in [0.2, 0.25) is 5.91 Å². The Balaban J connectivity index is 1.66. The zero-order chi connectivity index (χ0) is 20.3. The lowest BCUT2D eigenvalue weighted by Crippen LogP contribution is -2.15. The fourth-order valence-electron chi connectivity index (χ4n) is 2.51. The number of anilines is 1. The van der Waals surface area contributed by atoms with Crippen molar-refractivity contribution < 1.29 is 18.9 Å². The standard InChI is InChI=1S/C17H17N5O5S/c1-10-12(6-7-27-10)16-19-20-17(21(16)2)28-9-15(23)18-13-5-4-11(22(24)25)8-14(13)26-3/h4-8H,9H2,1-3H3,(H,18,23). The summed E-state index contributed by atoms with van der Waals surface area (Å²) < 4.78 is 12.2. The number of aryl methyl sites for hydroxylation is 1. The van der Waals surface area contributed by atoms with Crippen LogP contribution in [0.2, 0.25) is 0 Å². The molecule has 0 radical (unpaired) electrons. The molecule has 0 saturated carbocycles. The topological polar surface area (TPSA) is 125 Å². The highest BCUT2D eigenvalue weighted by molar-refractivity contribution is 7.99.